The van der Waals surface area contributed by atoms with Gasteiger partial charge in [0.05, 0.1) is 25.9 Å². The van der Waals surface area contributed by atoms with Gasteiger partial charge >= 0.3 is 15.6 Å². The van der Waals surface area contributed by atoms with Crippen LogP contribution in [0.3, 0.4) is 0 Å². The largest absolute Gasteiger partial charge is 0.481 e. The number of nitrogen functional groups attached to an aromatic ring is 2. The summed E-state index contributed by atoms with van der Waals surface area (Å²) >= 11 is 0. The van der Waals surface area contributed by atoms with E-state index in [0.717, 1.165) is 12.7 Å². The van der Waals surface area contributed by atoms with Crippen LogP contribution in [0.1, 0.15) is 12.5 Å². The first-order valence-corrected chi connectivity index (χ1v) is 15.8. The van der Waals surface area contributed by atoms with Gasteiger partial charge < -0.3 is 51.2 Å². The van der Waals surface area contributed by atoms with E-state index in [1.165, 1.54) is 21.8 Å². The molecule has 25 heteroatoms. The molecule has 0 radical (unpaired) electrons. The number of anilines is 2. The van der Waals surface area contributed by atoms with Crippen molar-refractivity contribution >= 4 is 49.6 Å². The summed E-state index contributed by atoms with van der Waals surface area (Å²) in [6.07, 6.45) is -7.12. The lowest BCUT2D eigenvalue weighted by atomic mass is 10.1. The molecule has 4 aromatic rings. The molecule has 6 rings (SSSR count). The summed E-state index contributed by atoms with van der Waals surface area (Å²) in [6.45, 7) is -1.78. The maximum Gasteiger partial charge on any atom is 0.481 e. The summed E-state index contributed by atoms with van der Waals surface area (Å²) < 4.78 is 52.3. The first-order valence-electron chi connectivity index (χ1n) is 12.8. The number of nitrogens with zero attached hydrogens (tertiary/aromatic N) is 8. The van der Waals surface area contributed by atoms with Gasteiger partial charge in [-0.2, -0.15) is 4.31 Å². The average Bonchev–Trinajstić information content (AvgIpc) is 3.73. The molecule has 0 amide bonds. The Bertz CT molecular complexity index is 1680. The number of nitrogens with two attached hydrogens (primary N) is 2. The van der Waals surface area contributed by atoms with E-state index in [-0.39, 0.29) is 34.0 Å². The van der Waals surface area contributed by atoms with Gasteiger partial charge in [0.15, 0.2) is 35.4 Å². The van der Waals surface area contributed by atoms with Crippen LogP contribution in [0.4, 0.5) is 11.6 Å². The molecule has 6 heterocycles. The van der Waals surface area contributed by atoms with Crippen LogP contribution in [-0.4, -0.2) is 119 Å². The minimum atomic E-state index is -5.37. The van der Waals surface area contributed by atoms with Gasteiger partial charge in [-0.3, -0.25) is 18.2 Å². The molecule has 0 saturated carbocycles. The van der Waals surface area contributed by atoms with Crippen LogP contribution in [0.25, 0.3) is 22.3 Å². The van der Waals surface area contributed by atoms with Crippen LogP contribution in [0.5, 0.6) is 0 Å². The Morgan fingerprint density at radius 3 is 1.49 bits per heavy atom. The van der Waals surface area contributed by atoms with Gasteiger partial charge in [-0.1, -0.05) is 0 Å². The lowest BCUT2D eigenvalue weighted by Gasteiger charge is -2.20. The lowest BCUT2D eigenvalue weighted by Crippen LogP contribution is -2.34. The van der Waals surface area contributed by atoms with E-state index >= 15 is 0 Å². The number of phosphoric acid groups is 2. The number of fused-ring (bicyclic) bond motifs is 2. The molecule has 10 atom stereocenters. The highest BCUT2D eigenvalue weighted by molar-refractivity contribution is 7.61. The number of hydrogen-bond acceptors (Lipinski definition) is 19. The molecule has 45 heavy (non-hydrogen) atoms. The van der Waals surface area contributed by atoms with Crippen LogP contribution in [0, 0.1) is 0 Å². The molecule has 4 aromatic heterocycles. The third kappa shape index (κ3) is 6.02. The quantitative estimate of drug-likeness (QED) is 0.0793. The average molecular weight is 676 g/mol. The van der Waals surface area contributed by atoms with E-state index < -0.39 is 77.9 Å². The third-order valence-electron chi connectivity index (χ3n) is 7.01. The number of aromatic nitrogens is 8. The van der Waals surface area contributed by atoms with Crippen molar-refractivity contribution in [2.24, 2.45) is 0 Å². The topological polar surface area (TPSA) is 341 Å². The zero-order valence-electron chi connectivity index (χ0n) is 22.5. The van der Waals surface area contributed by atoms with Gasteiger partial charge in [-0.15, -0.1) is 0 Å². The Balaban J connectivity index is 1.04. The molecule has 2 saturated heterocycles. The highest BCUT2D eigenvalue weighted by Crippen LogP contribution is 2.60. The second-order valence-corrected chi connectivity index (χ2v) is 12.9. The second-order valence-electron chi connectivity index (χ2n) is 9.87. The number of imidazole rings is 2. The molecule has 2 fully saturated rings. The van der Waals surface area contributed by atoms with Crippen molar-refractivity contribution in [1.82, 2.24) is 39.0 Å². The summed E-state index contributed by atoms with van der Waals surface area (Å²) in [5, 5.41) is 41.9. The maximum absolute atomic E-state index is 12.5. The van der Waals surface area contributed by atoms with Crippen molar-refractivity contribution in [3.8, 4) is 0 Å². The number of phosphoric ester groups is 2. The van der Waals surface area contributed by atoms with E-state index in [1.807, 2.05) is 0 Å². The standard InChI is InChI=1S/C20H26N10O13P2/c21-15-9-17(25-3-23-15)29(5-27-9)19-13(33)11(31)7(41-19)1-39-44(35,36)43-45(37,38)40-2-8-12(32)14(34)20(42-8)30-6-28-10-16(22)24-4-26-18(10)30/h3-8,11-14,19-20,31-34H,1-2H2,(H,35,36)(H,37,38)(H2,21,23,25)(H2,22,24,26)/t7-,8-,11+,12?,13?,14+,19-,20-/m1/s1. The lowest BCUT2D eigenvalue weighted by molar-refractivity contribution is -0.0530. The molecule has 4 unspecified atom stereocenters. The van der Waals surface area contributed by atoms with Crippen LogP contribution in [0.2, 0.25) is 0 Å². The SMILES string of the molecule is Nc1ncnc2c1ncn2[C@@H]1O[C@H](COP(=O)(O)OP(=O)(O)OC[C@H]2O[C@@H](n3cnc4c(N)ncnc43)[C@@H](O)C2O)[C@H](O)C1O. The molecule has 0 aromatic carbocycles. The van der Waals surface area contributed by atoms with Crippen molar-refractivity contribution < 1.29 is 62.2 Å². The molecule has 23 nitrogen and oxygen atoms in total. The summed E-state index contributed by atoms with van der Waals surface area (Å²) in [5.74, 6) is 0.108. The van der Waals surface area contributed by atoms with Crippen LogP contribution >= 0.6 is 15.6 Å². The molecule has 244 valence electrons. The highest BCUT2D eigenvalue weighted by atomic mass is 31.3. The predicted molar refractivity (Wildman–Crippen MR) is 144 cm³/mol. The Labute approximate surface area is 250 Å². The third-order valence-corrected chi connectivity index (χ3v) is 9.61. The van der Waals surface area contributed by atoms with E-state index in [1.54, 1.807) is 0 Å². The zero-order valence-corrected chi connectivity index (χ0v) is 24.3. The molecular formula is C20H26N10O13P2. The Hall–Kier alpha value is -3.28. The molecule has 0 bridgehead atoms. The Morgan fingerprint density at radius 2 is 1.09 bits per heavy atom. The van der Waals surface area contributed by atoms with E-state index in [2.05, 4.69) is 34.2 Å². The summed E-state index contributed by atoms with van der Waals surface area (Å²) in [7, 11) is -10.7. The fourth-order valence-corrected chi connectivity index (χ4v) is 6.91. The number of hydrogen-bond donors (Lipinski definition) is 8. The van der Waals surface area contributed by atoms with Crippen molar-refractivity contribution in [3.05, 3.63) is 25.3 Å². The summed E-state index contributed by atoms with van der Waals surface area (Å²) in [4.78, 5) is 43.8. The maximum atomic E-state index is 12.5. The summed E-state index contributed by atoms with van der Waals surface area (Å²) in [6, 6.07) is 0. The number of rotatable bonds is 10. The van der Waals surface area contributed by atoms with Gasteiger partial charge in [-0.25, -0.2) is 39.0 Å². The number of aliphatic hydroxyl groups is 4. The smallest absolute Gasteiger partial charge is 0.387 e. The van der Waals surface area contributed by atoms with Crippen LogP contribution in [0.15, 0.2) is 25.3 Å². The van der Waals surface area contributed by atoms with E-state index in [9.17, 15) is 39.3 Å². The van der Waals surface area contributed by atoms with E-state index in [0.29, 0.717) is 0 Å². The van der Waals surface area contributed by atoms with Gasteiger partial charge in [-0.05, 0) is 0 Å². The molecule has 2 aliphatic heterocycles. The van der Waals surface area contributed by atoms with Crippen molar-refractivity contribution in [2.75, 3.05) is 24.7 Å². The van der Waals surface area contributed by atoms with Gasteiger partial charge in [0.2, 0.25) is 0 Å². The van der Waals surface area contributed by atoms with E-state index in [4.69, 9.17) is 30.0 Å². The van der Waals surface area contributed by atoms with Crippen molar-refractivity contribution in [1.29, 1.82) is 0 Å². The van der Waals surface area contributed by atoms with Crippen molar-refractivity contribution in [2.45, 2.75) is 49.1 Å². The van der Waals surface area contributed by atoms with Gasteiger partial charge in [0.25, 0.3) is 0 Å². The normalized spacial score (nSPS) is 31.4. The minimum absolute atomic E-state index is 0.0539. The number of ether oxygens (including phenoxy) is 2. The van der Waals surface area contributed by atoms with Gasteiger partial charge in [0, 0.05) is 0 Å². The fraction of sp³-hybridized carbons (Fsp3) is 0.500. The molecular weight excluding hydrogens is 650 g/mol. The molecule has 0 aliphatic carbocycles. The monoisotopic (exact) mass is 676 g/mol. The minimum Gasteiger partial charge on any atom is -0.387 e. The second kappa shape index (κ2) is 11.8. The Kier molecular flexibility index (Phi) is 8.33. The van der Waals surface area contributed by atoms with Gasteiger partial charge in [0.1, 0.15) is 60.3 Å². The Morgan fingerprint density at radius 1 is 0.689 bits per heavy atom. The molecule has 0 spiro atoms. The molecule has 10 N–H and O–H groups in total. The molecule has 2 aliphatic rings. The van der Waals surface area contributed by atoms with Crippen LogP contribution < -0.4 is 11.5 Å². The first-order chi connectivity index (χ1) is 21.3. The fourth-order valence-electron chi connectivity index (χ4n) is 4.82. The zero-order chi connectivity index (χ0) is 32.3. The highest BCUT2D eigenvalue weighted by Gasteiger charge is 2.48. The van der Waals surface area contributed by atoms with Crippen molar-refractivity contribution in [3.63, 3.8) is 0 Å². The predicted octanol–water partition coefficient (Wildman–Crippen LogP) is -2.68. The summed E-state index contributed by atoms with van der Waals surface area (Å²) in [5.41, 5.74) is 12.2. The number of aliphatic hydroxyl groups excluding tert-OH is 4. The first kappa shape index (κ1) is 31.7. The van der Waals surface area contributed by atoms with Crippen LogP contribution in [-0.2, 0) is 32.0 Å².